The molecule has 3 aromatic rings. The van der Waals surface area contributed by atoms with Crippen molar-refractivity contribution >= 4 is 11.8 Å². The molecule has 0 saturated heterocycles. The number of anilines is 1. The van der Waals surface area contributed by atoms with E-state index in [-0.39, 0.29) is 11.8 Å². The van der Waals surface area contributed by atoms with Crippen molar-refractivity contribution in [3.05, 3.63) is 77.2 Å². The number of nitrogens with zero attached hydrogens (tertiary/aromatic N) is 2. The molecule has 0 bridgehead atoms. The lowest BCUT2D eigenvalue weighted by Gasteiger charge is -2.13. The third-order valence-electron chi connectivity index (χ3n) is 3.96. The lowest BCUT2D eigenvalue weighted by atomic mass is 9.95. The molecule has 8 heteroatoms. The van der Waals surface area contributed by atoms with E-state index in [1.165, 1.54) is 6.20 Å². The monoisotopic (exact) mass is 361 g/mol. The van der Waals surface area contributed by atoms with Crippen LogP contribution < -0.4 is 5.32 Å². The summed E-state index contributed by atoms with van der Waals surface area (Å²) in [5.74, 6) is -1.14. The highest BCUT2D eigenvalue weighted by Crippen LogP contribution is 2.33. The molecule has 0 aliphatic rings. The Hall–Kier alpha value is -3.16. The first-order valence-electron chi connectivity index (χ1n) is 7.70. The fourth-order valence-electron chi connectivity index (χ4n) is 2.56. The molecule has 0 aliphatic carbocycles. The summed E-state index contributed by atoms with van der Waals surface area (Å²) in [6, 6.07) is 10.1. The molecule has 0 aliphatic heterocycles. The maximum absolute atomic E-state index is 13.1. The van der Waals surface area contributed by atoms with Gasteiger partial charge in [-0.15, -0.1) is 0 Å². The molecule has 0 saturated carbocycles. The molecular weight excluding hydrogens is 347 g/mol. The highest BCUT2D eigenvalue weighted by molar-refractivity contribution is 6.04. The van der Waals surface area contributed by atoms with Crippen molar-refractivity contribution in [1.29, 1.82) is 0 Å². The molecular formula is C18H14F3N3O2. The minimum absolute atomic E-state index is 0.00308. The summed E-state index contributed by atoms with van der Waals surface area (Å²) < 4.78 is 44.3. The number of halogens is 3. The Morgan fingerprint density at radius 1 is 1.15 bits per heavy atom. The summed E-state index contributed by atoms with van der Waals surface area (Å²) in [5, 5.41) is 6.02. The lowest BCUT2D eigenvalue weighted by molar-refractivity contribution is -0.138. The Morgan fingerprint density at radius 2 is 1.88 bits per heavy atom. The van der Waals surface area contributed by atoms with E-state index in [0.29, 0.717) is 5.56 Å². The zero-order chi connectivity index (χ0) is 18.7. The Bertz CT molecular complexity index is 907. The van der Waals surface area contributed by atoms with Crippen molar-refractivity contribution in [3.8, 4) is 0 Å². The Morgan fingerprint density at radius 3 is 2.58 bits per heavy atom. The van der Waals surface area contributed by atoms with E-state index in [0.717, 1.165) is 24.0 Å². The summed E-state index contributed by atoms with van der Waals surface area (Å²) in [4.78, 5) is 16.0. The van der Waals surface area contributed by atoms with Gasteiger partial charge < -0.3 is 4.52 Å². The van der Waals surface area contributed by atoms with Crippen LogP contribution in [-0.2, 0) is 6.18 Å². The van der Waals surface area contributed by atoms with Crippen LogP contribution in [0.2, 0.25) is 0 Å². The van der Waals surface area contributed by atoms with E-state index >= 15 is 0 Å². The fraction of sp³-hybridized carbons (Fsp3) is 0.167. The zero-order valence-corrected chi connectivity index (χ0v) is 13.6. The van der Waals surface area contributed by atoms with Crippen molar-refractivity contribution < 1.29 is 22.5 Å². The van der Waals surface area contributed by atoms with Crippen molar-refractivity contribution in [2.75, 3.05) is 5.32 Å². The van der Waals surface area contributed by atoms with Crippen LogP contribution in [0.4, 0.5) is 19.1 Å². The quantitative estimate of drug-likeness (QED) is 0.743. The van der Waals surface area contributed by atoms with Crippen LogP contribution in [0.3, 0.4) is 0 Å². The van der Waals surface area contributed by atoms with Gasteiger partial charge in [-0.25, -0.2) is 0 Å². The van der Waals surface area contributed by atoms with Gasteiger partial charge in [0, 0.05) is 23.9 Å². The first-order chi connectivity index (χ1) is 12.4. The largest absolute Gasteiger partial charge is 0.417 e. The number of carbonyl (C=O) groups excluding carboxylic acids is 1. The maximum atomic E-state index is 13.1. The number of alkyl halides is 3. The number of aromatic nitrogens is 2. The average Bonchev–Trinajstić information content (AvgIpc) is 3.09. The third-order valence-corrected chi connectivity index (χ3v) is 3.96. The molecule has 0 radical (unpaired) electrons. The number of pyridine rings is 1. The van der Waals surface area contributed by atoms with Gasteiger partial charge in [0.25, 0.3) is 5.91 Å². The van der Waals surface area contributed by atoms with Gasteiger partial charge in [0.15, 0.2) is 0 Å². The van der Waals surface area contributed by atoms with E-state index in [4.69, 9.17) is 4.52 Å². The maximum Gasteiger partial charge on any atom is 0.417 e. The second kappa shape index (κ2) is 6.99. The molecule has 1 aromatic carbocycles. The van der Waals surface area contributed by atoms with E-state index in [1.807, 2.05) is 37.3 Å². The average molecular weight is 361 g/mol. The number of rotatable bonds is 4. The summed E-state index contributed by atoms with van der Waals surface area (Å²) in [7, 11) is 0. The van der Waals surface area contributed by atoms with Gasteiger partial charge in [-0.1, -0.05) is 42.4 Å². The summed E-state index contributed by atoms with van der Waals surface area (Å²) in [6.45, 7) is 1.88. The third kappa shape index (κ3) is 3.58. The highest BCUT2D eigenvalue weighted by atomic mass is 19.4. The van der Waals surface area contributed by atoms with Crippen LogP contribution in [0, 0.1) is 0 Å². The van der Waals surface area contributed by atoms with Gasteiger partial charge in [-0.3, -0.25) is 15.1 Å². The van der Waals surface area contributed by atoms with E-state index in [9.17, 15) is 18.0 Å². The number of benzene rings is 1. The van der Waals surface area contributed by atoms with Gasteiger partial charge in [-0.2, -0.15) is 13.2 Å². The Balaban J connectivity index is 1.88. The molecule has 1 atom stereocenters. The molecule has 2 heterocycles. The van der Waals surface area contributed by atoms with Gasteiger partial charge in [-0.05, 0) is 11.6 Å². The number of amides is 1. The summed E-state index contributed by atoms with van der Waals surface area (Å²) >= 11 is 0. The smallest absolute Gasteiger partial charge is 0.338 e. The normalized spacial score (nSPS) is 12.6. The molecule has 1 amide bonds. The molecule has 1 N–H and O–H groups in total. The molecule has 0 fully saturated rings. The number of nitrogens with one attached hydrogen (secondary N) is 1. The van der Waals surface area contributed by atoms with Crippen LogP contribution in [0.1, 0.15) is 39.9 Å². The van der Waals surface area contributed by atoms with Crippen LogP contribution in [-0.4, -0.2) is 16.0 Å². The molecule has 2 aromatic heterocycles. The number of carbonyl (C=O) groups is 1. The number of hydrogen-bond donors (Lipinski definition) is 1. The molecule has 0 spiro atoms. The van der Waals surface area contributed by atoms with Gasteiger partial charge in [0.05, 0.1) is 17.3 Å². The van der Waals surface area contributed by atoms with Crippen LogP contribution in [0.25, 0.3) is 0 Å². The Kier molecular flexibility index (Phi) is 4.75. The SMILES string of the molecule is CC(c1ccccc1)c1cnoc1NC(=O)c1cnccc1C(F)(F)F. The van der Waals surface area contributed by atoms with Crippen molar-refractivity contribution in [2.24, 2.45) is 0 Å². The van der Waals surface area contributed by atoms with E-state index < -0.39 is 23.2 Å². The van der Waals surface area contributed by atoms with Crippen molar-refractivity contribution in [1.82, 2.24) is 10.1 Å². The van der Waals surface area contributed by atoms with Crippen LogP contribution >= 0.6 is 0 Å². The predicted octanol–water partition coefficient (Wildman–Crippen LogP) is 4.49. The fourth-order valence-corrected chi connectivity index (χ4v) is 2.56. The summed E-state index contributed by atoms with van der Waals surface area (Å²) in [6.07, 6.45) is -1.38. The minimum Gasteiger partial charge on any atom is -0.338 e. The van der Waals surface area contributed by atoms with Crippen LogP contribution in [0.5, 0.6) is 0 Å². The molecule has 3 rings (SSSR count). The van der Waals surface area contributed by atoms with Gasteiger partial charge >= 0.3 is 6.18 Å². The number of hydrogen-bond acceptors (Lipinski definition) is 4. The van der Waals surface area contributed by atoms with Gasteiger partial charge in [0.1, 0.15) is 0 Å². The topological polar surface area (TPSA) is 68.0 Å². The lowest BCUT2D eigenvalue weighted by Crippen LogP contribution is -2.19. The van der Waals surface area contributed by atoms with Crippen molar-refractivity contribution in [3.63, 3.8) is 0 Å². The second-order valence-corrected chi connectivity index (χ2v) is 5.62. The second-order valence-electron chi connectivity index (χ2n) is 5.62. The predicted molar refractivity (Wildman–Crippen MR) is 87.7 cm³/mol. The Labute approximate surface area is 146 Å². The van der Waals surface area contributed by atoms with Gasteiger partial charge in [0.2, 0.25) is 5.88 Å². The summed E-state index contributed by atoms with van der Waals surface area (Å²) in [5.41, 5.74) is -0.151. The molecule has 26 heavy (non-hydrogen) atoms. The first-order valence-corrected chi connectivity index (χ1v) is 7.70. The molecule has 134 valence electrons. The van der Waals surface area contributed by atoms with E-state index in [2.05, 4.69) is 15.5 Å². The standard InChI is InChI=1S/C18H14F3N3O2/c1-11(12-5-3-2-4-6-12)13-10-23-26-17(13)24-16(25)14-9-22-8-7-15(14)18(19,20)21/h2-11H,1H3,(H,24,25). The van der Waals surface area contributed by atoms with Crippen LogP contribution in [0.15, 0.2) is 59.5 Å². The zero-order valence-electron chi connectivity index (χ0n) is 13.6. The molecule has 5 nitrogen and oxygen atoms in total. The first kappa shape index (κ1) is 17.7. The minimum atomic E-state index is -4.67. The molecule has 1 unspecified atom stereocenters. The highest BCUT2D eigenvalue weighted by Gasteiger charge is 2.35. The van der Waals surface area contributed by atoms with E-state index in [1.54, 1.807) is 0 Å². The van der Waals surface area contributed by atoms with Crippen molar-refractivity contribution in [2.45, 2.75) is 19.0 Å².